The lowest BCUT2D eigenvalue weighted by atomic mass is 9.92. The Morgan fingerprint density at radius 1 is 1.57 bits per heavy atom. The van der Waals surface area contributed by atoms with Crippen molar-refractivity contribution in [1.82, 2.24) is 4.90 Å². The van der Waals surface area contributed by atoms with E-state index in [0.717, 1.165) is 31.5 Å². The Balaban J connectivity index is 1.89. The summed E-state index contributed by atoms with van der Waals surface area (Å²) < 4.78 is 0. The largest absolute Gasteiger partial charge is 0.328 e. The lowest BCUT2D eigenvalue weighted by molar-refractivity contribution is -0.117. The number of benzene rings is 1. The minimum absolute atomic E-state index is 0.0222. The number of nitrogens with two attached hydrogens (primary N) is 1. The molecule has 1 heterocycles. The van der Waals surface area contributed by atoms with Crippen LogP contribution in [0.15, 0.2) is 18.2 Å². The molecule has 0 aliphatic carbocycles. The molecule has 21 heavy (non-hydrogen) atoms. The number of rotatable bonds is 4. The van der Waals surface area contributed by atoms with Gasteiger partial charge in [-0.15, -0.1) is 0 Å². The van der Waals surface area contributed by atoms with Crippen LogP contribution in [0.2, 0.25) is 5.02 Å². The van der Waals surface area contributed by atoms with Gasteiger partial charge in [0.25, 0.3) is 0 Å². The zero-order valence-corrected chi connectivity index (χ0v) is 13.5. The van der Waals surface area contributed by atoms with Crippen LogP contribution in [-0.4, -0.2) is 36.5 Å². The first-order chi connectivity index (χ1) is 9.95. The highest BCUT2D eigenvalue weighted by Gasteiger charge is 2.24. The van der Waals surface area contributed by atoms with Crippen LogP contribution in [0, 0.1) is 12.8 Å². The molecule has 0 spiro atoms. The van der Waals surface area contributed by atoms with E-state index in [9.17, 15) is 4.79 Å². The lowest BCUT2D eigenvalue weighted by Gasteiger charge is -2.34. The molecule has 0 radical (unpaired) electrons. The van der Waals surface area contributed by atoms with E-state index in [2.05, 4.69) is 10.2 Å². The summed E-state index contributed by atoms with van der Waals surface area (Å²) in [5, 5.41) is 3.46. The third-order valence-corrected chi connectivity index (χ3v) is 4.36. The summed E-state index contributed by atoms with van der Waals surface area (Å²) in [5.41, 5.74) is 7.72. The van der Waals surface area contributed by atoms with Crippen LogP contribution in [-0.2, 0) is 4.79 Å². The number of anilines is 1. The number of halogens is 1. The van der Waals surface area contributed by atoms with Gasteiger partial charge in [-0.25, -0.2) is 0 Å². The summed E-state index contributed by atoms with van der Waals surface area (Å²) in [4.78, 5) is 14.3. The first-order valence-electron chi connectivity index (χ1n) is 7.49. The van der Waals surface area contributed by atoms with Gasteiger partial charge in [0.05, 0.1) is 17.3 Å². The van der Waals surface area contributed by atoms with Gasteiger partial charge in [-0.2, -0.15) is 0 Å². The number of amides is 1. The van der Waals surface area contributed by atoms with E-state index in [4.69, 9.17) is 17.3 Å². The van der Waals surface area contributed by atoms with Crippen molar-refractivity contribution in [2.75, 3.05) is 25.0 Å². The molecule has 0 saturated carbocycles. The normalized spacial score (nSPS) is 21.0. The van der Waals surface area contributed by atoms with Gasteiger partial charge in [0.2, 0.25) is 5.91 Å². The highest BCUT2D eigenvalue weighted by molar-refractivity contribution is 6.33. The first-order valence-corrected chi connectivity index (χ1v) is 7.87. The molecule has 2 unspecified atom stereocenters. The molecule has 4 nitrogen and oxygen atoms in total. The van der Waals surface area contributed by atoms with Crippen molar-refractivity contribution >= 4 is 23.2 Å². The van der Waals surface area contributed by atoms with Crippen molar-refractivity contribution in [2.24, 2.45) is 11.7 Å². The van der Waals surface area contributed by atoms with E-state index < -0.39 is 0 Å². The molecule has 2 atom stereocenters. The van der Waals surface area contributed by atoms with Crippen molar-refractivity contribution in [3.63, 3.8) is 0 Å². The van der Waals surface area contributed by atoms with Gasteiger partial charge in [0.15, 0.2) is 0 Å². The Morgan fingerprint density at radius 2 is 2.33 bits per heavy atom. The molecular weight excluding hydrogens is 286 g/mol. The Bertz CT molecular complexity index is 504. The summed E-state index contributed by atoms with van der Waals surface area (Å²) in [6, 6.07) is 5.82. The predicted molar refractivity (Wildman–Crippen MR) is 87.6 cm³/mol. The number of carbonyl (C=O) groups excluding carboxylic acids is 1. The monoisotopic (exact) mass is 309 g/mol. The van der Waals surface area contributed by atoms with Crippen LogP contribution in [0.3, 0.4) is 0 Å². The molecule has 1 saturated heterocycles. The quantitative estimate of drug-likeness (QED) is 0.899. The maximum absolute atomic E-state index is 12.2. The molecule has 0 bridgehead atoms. The van der Waals surface area contributed by atoms with Crippen molar-refractivity contribution in [3.8, 4) is 0 Å². The van der Waals surface area contributed by atoms with Gasteiger partial charge in [-0.3, -0.25) is 9.69 Å². The molecule has 116 valence electrons. The molecule has 1 aromatic carbocycles. The van der Waals surface area contributed by atoms with E-state index in [0.29, 0.717) is 23.2 Å². The van der Waals surface area contributed by atoms with Crippen LogP contribution < -0.4 is 11.1 Å². The number of aryl methyl sites for hydroxylation is 1. The van der Waals surface area contributed by atoms with E-state index in [-0.39, 0.29) is 11.9 Å². The minimum Gasteiger partial charge on any atom is -0.328 e. The van der Waals surface area contributed by atoms with Crippen LogP contribution in [0.1, 0.15) is 25.3 Å². The van der Waals surface area contributed by atoms with Gasteiger partial charge in [-0.1, -0.05) is 17.7 Å². The topological polar surface area (TPSA) is 58.4 Å². The summed E-state index contributed by atoms with van der Waals surface area (Å²) >= 11 is 6.14. The Hall–Kier alpha value is -1.10. The van der Waals surface area contributed by atoms with Crippen molar-refractivity contribution in [1.29, 1.82) is 0 Å². The second-order valence-electron chi connectivity index (χ2n) is 6.03. The average molecular weight is 310 g/mol. The summed E-state index contributed by atoms with van der Waals surface area (Å²) in [5.74, 6) is 0.459. The van der Waals surface area contributed by atoms with E-state index in [1.165, 1.54) is 0 Å². The molecule has 1 aliphatic rings. The zero-order chi connectivity index (χ0) is 15.4. The van der Waals surface area contributed by atoms with Crippen LogP contribution >= 0.6 is 11.6 Å². The van der Waals surface area contributed by atoms with Gasteiger partial charge < -0.3 is 11.1 Å². The fraction of sp³-hybridized carbons (Fsp3) is 0.562. The second kappa shape index (κ2) is 7.25. The van der Waals surface area contributed by atoms with Crippen molar-refractivity contribution in [2.45, 2.75) is 32.7 Å². The Morgan fingerprint density at radius 3 is 3.00 bits per heavy atom. The Labute approximate surface area is 131 Å². The Kier molecular flexibility index (Phi) is 5.62. The highest BCUT2D eigenvalue weighted by Crippen LogP contribution is 2.23. The lowest BCUT2D eigenvalue weighted by Crippen LogP contribution is -2.45. The molecule has 3 N–H and O–H groups in total. The molecule has 1 aliphatic heterocycles. The van der Waals surface area contributed by atoms with E-state index in [1.54, 1.807) is 0 Å². The van der Waals surface area contributed by atoms with Crippen LogP contribution in [0.4, 0.5) is 5.69 Å². The van der Waals surface area contributed by atoms with Crippen molar-refractivity contribution in [3.05, 3.63) is 28.8 Å². The van der Waals surface area contributed by atoms with E-state index in [1.807, 2.05) is 32.0 Å². The second-order valence-corrected chi connectivity index (χ2v) is 6.44. The van der Waals surface area contributed by atoms with Gasteiger partial charge in [0, 0.05) is 12.6 Å². The van der Waals surface area contributed by atoms with Gasteiger partial charge in [-0.05, 0) is 56.8 Å². The van der Waals surface area contributed by atoms with Gasteiger partial charge >= 0.3 is 0 Å². The molecule has 1 aromatic rings. The molecule has 1 amide bonds. The van der Waals surface area contributed by atoms with Crippen LogP contribution in [0.5, 0.6) is 0 Å². The number of nitrogens with zero attached hydrogens (tertiary/aromatic N) is 1. The highest BCUT2D eigenvalue weighted by atomic mass is 35.5. The molecule has 5 heteroatoms. The number of hydrogen-bond donors (Lipinski definition) is 2. The molecule has 2 rings (SSSR count). The number of piperidine rings is 1. The summed E-state index contributed by atoms with van der Waals surface area (Å²) in [6.45, 7) is 6.26. The fourth-order valence-corrected chi connectivity index (χ4v) is 3.06. The molecular formula is C16H24ClN3O. The smallest absolute Gasteiger partial charge is 0.238 e. The minimum atomic E-state index is -0.0222. The number of carbonyl (C=O) groups is 1. The maximum Gasteiger partial charge on any atom is 0.238 e. The molecule has 0 aromatic heterocycles. The van der Waals surface area contributed by atoms with Gasteiger partial charge in [0.1, 0.15) is 0 Å². The first kappa shape index (κ1) is 16.3. The zero-order valence-electron chi connectivity index (χ0n) is 12.7. The predicted octanol–water partition coefficient (Wildman–Crippen LogP) is 2.65. The number of likely N-dealkylation sites (tertiary alicyclic amines) is 1. The average Bonchev–Trinajstić information content (AvgIpc) is 2.42. The SMILES string of the molecule is Cc1ccc(NC(=O)CN2CCCC(C(C)N)C2)c(Cl)c1. The standard InChI is InChI=1S/C16H24ClN3O/c1-11-5-6-15(14(17)8-11)19-16(21)10-20-7-3-4-13(9-20)12(2)18/h5-6,8,12-13H,3-4,7,9-10,18H2,1-2H3,(H,19,21). The number of hydrogen-bond acceptors (Lipinski definition) is 3. The summed E-state index contributed by atoms with van der Waals surface area (Å²) in [7, 11) is 0. The maximum atomic E-state index is 12.2. The molecule has 1 fully saturated rings. The van der Waals surface area contributed by atoms with E-state index >= 15 is 0 Å². The summed E-state index contributed by atoms with van der Waals surface area (Å²) in [6.07, 6.45) is 2.25. The van der Waals surface area contributed by atoms with Crippen molar-refractivity contribution < 1.29 is 4.79 Å². The third kappa shape index (κ3) is 4.70. The number of nitrogens with one attached hydrogen (secondary N) is 1. The third-order valence-electron chi connectivity index (χ3n) is 4.05. The fourth-order valence-electron chi connectivity index (χ4n) is 2.78. The van der Waals surface area contributed by atoms with Crippen LogP contribution in [0.25, 0.3) is 0 Å².